The lowest BCUT2D eigenvalue weighted by Crippen LogP contribution is -2.30. The van der Waals surface area contributed by atoms with Crippen LogP contribution in [0.15, 0.2) is 23.0 Å². The average Bonchev–Trinajstić information content (AvgIpc) is 3.04. The molecule has 0 aliphatic rings. The first-order chi connectivity index (χ1) is 9.61. The Labute approximate surface area is 122 Å². The van der Waals surface area contributed by atoms with Gasteiger partial charge in [-0.1, -0.05) is 6.92 Å². The molecule has 6 nitrogen and oxygen atoms in total. The third-order valence-corrected chi connectivity index (χ3v) is 3.35. The molecule has 0 radical (unpaired) electrons. The Balaban J connectivity index is 2.01. The van der Waals surface area contributed by atoms with E-state index in [1.807, 2.05) is 13.0 Å². The van der Waals surface area contributed by atoms with Gasteiger partial charge in [0.05, 0.1) is 18.6 Å². The van der Waals surface area contributed by atoms with Gasteiger partial charge in [0.1, 0.15) is 12.4 Å². The molecular weight excluding hydrogens is 276 g/mol. The van der Waals surface area contributed by atoms with Crippen LogP contribution in [0.25, 0.3) is 0 Å². The zero-order valence-electron chi connectivity index (χ0n) is 11.5. The van der Waals surface area contributed by atoms with Crippen molar-refractivity contribution in [1.29, 1.82) is 0 Å². The summed E-state index contributed by atoms with van der Waals surface area (Å²) in [6.45, 7) is 4.14. The number of aromatic amines is 1. The van der Waals surface area contributed by atoms with Gasteiger partial charge in [0.15, 0.2) is 4.77 Å². The normalized spacial score (nSPS) is 12.3. The molecule has 0 spiro atoms. The number of H-pyrrole nitrogens is 1. The first kappa shape index (κ1) is 14.5. The summed E-state index contributed by atoms with van der Waals surface area (Å²) < 4.78 is 7.21. The molecule has 20 heavy (non-hydrogen) atoms. The number of hydrogen-bond donors (Lipinski definition) is 2. The molecule has 2 rings (SSSR count). The molecular formula is C13H18N4O2S. The second-order valence-electron chi connectivity index (χ2n) is 4.63. The van der Waals surface area contributed by atoms with Crippen molar-refractivity contribution < 1.29 is 9.21 Å². The van der Waals surface area contributed by atoms with E-state index in [0.717, 1.165) is 24.2 Å². The maximum atomic E-state index is 12.1. The van der Waals surface area contributed by atoms with E-state index in [1.165, 1.54) is 0 Å². The van der Waals surface area contributed by atoms with E-state index in [0.29, 0.717) is 4.77 Å². The number of rotatable bonds is 6. The molecule has 2 heterocycles. The molecule has 7 heteroatoms. The fraction of sp³-hybridized carbons (Fsp3) is 0.462. The van der Waals surface area contributed by atoms with Crippen LogP contribution in [0.5, 0.6) is 0 Å². The fourth-order valence-electron chi connectivity index (χ4n) is 1.96. The number of carbonyl (C=O) groups is 1. The maximum Gasteiger partial charge on any atom is 0.240 e. The molecule has 0 bridgehead atoms. The smallest absolute Gasteiger partial charge is 0.240 e. The number of furan rings is 1. The first-order valence-corrected chi connectivity index (χ1v) is 6.98. The summed E-state index contributed by atoms with van der Waals surface area (Å²) in [5.41, 5.74) is 0.933. The van der Waals surface area contributed by atoms with Crippen molar-refractivity contribution >= 4 is 18.1 Å². The van der Waals surface area contributed by atoms with Gasteiger partial charge >= 0.3 is 0 Å². The summed E-state index contributed by atoms with van der Waals surface area (Å²) in [5, 5.41) is 9.78. The molecule has 2 aromatic heterocycles. The maximum absolute atomic E-state index is 12.1. The van der Waals surface area contributed by atoms with Crippen molar-refractivity contribution in [3.8, 4) is 0 Å². The van der Waals surface area contributed by atoms with Crippen LogP contribution in [0.3, 0.4) is 0 Å². The topological polar surface area (TPSA) is 75.8 Å². The summed E-state index contributed by atoms with van der Waals surface area (Å²) in [5.74, 6) is 0.706. The number of nitrogens with one attached hydrogen (secondary N) is 2. The molecule has 0 fully saturated rings. The zero-order valence-corrected chi connectivity index (χ0v) is 12.4. The highest BCUT2D eigenvalue weighted by Crippen LogP contribution is 2.12. The number of aromatic nitrogens is 3. The van der Waals surface area contributed by atoms with Gasteiger partial charge in [-0.25, -0.2) is 0 Å². The quantitative estimate of drug-likeness (QED) is 0.802. The number of aryl methyl sites for hydroxylation is 1. The minimum atomic E-state index is -0.103. The van der Waals surface area contributed by atoms with Crippen molar-refractivity contribution in [2.75, 3.05) is 0 Å². The Kier molecular flexibility index (Phi) is 4.73. The van der Waals surface area contributed by atoms with Gasteiger partial charge < -0.3 is 9.73 Å². The van der Waals surface area contributed by atoms with Gasteiger partial charge in [-0.15, -0.1) is 0 Å². The summed E-state index contributed by atoms with van der Waals surface area (Å²) in [6.07, 6.45) is 4.95. The van der Waals surface area contributed by atoms with E-state index in [2.05, 4.69) is 22.4 Å². The summed E-state index contributed by atoms with van der Waals surface area (Å²) in [4.78, 5) is 12.1. The van der Waals surface area contributed by atoms with Crippen LogP contribution in [-0.4, -0.2) is 20.7 Å². The fourth-order valence-corrected chi connectivity index (χ4v) is 2.18. The SMILES string of the molecule is CCCc1n[nH]c(=S)n1CC(=O)NC(C)c1ccoc1. The molecule has 1 amide bonds. The van der Waals surface area contributed by atoms with Gasteiger partial charge in [-0.05, 0) is 31.6 Å². The monoisotopic (exact) mass is 294 g/mol. The molecule has 2 N–H and O–H groups in total. The standard InChI is InChI=1S/C13H18N4O2S/c1-3-4-11-15-16-13(20)17(11)7-12(18)14-9(2)10-5-6-19-8-10/h5-6,8-9H,3-4,7H2,1-2H3,(H,14,18)(H,16,20). The molecule has 0 saturated heterocycles. The Morgan fingerprint density at radius 3 is 3.10 bits per heavy atom. The summed E-state index contributed by atoms with van der Waals surface area (Å²) in [7, 11) is 0. The second kappa shape index (κ2) is 6.51. The van der Waals surface area contributed by atoms with E-state index in [4.69, 9.17) is 16.6 Å². The van der Waals surface area contributed by atoms with E-state index in [1.54, 1.807) is 17.1 Å². The van der Waals surface area contributed by atoms with E-state index < -0.39 is 0 Å². The van der Waals surface area contributed by atoms with Crippen LogP contribution in [0.1, 0.15) is 37.7 Å². The predicted octanol–water partition coefficient (Wildman–Crippen LogP) is 2.36. The summed E-state index contributed by atoms with van der Waals surface area (Å²) >= 11 is 5.15. The lowest BCUT2D eigenvalue weighted by Gasteiger charge is -2.13. The van der Waals surface area contributed by atoms with Gasteiger partial charge in [0.25, 0.3) is 0 Å². The van der Waals surface area contributed by atoms with Crippen LogP contribution in [0.4, 0.5) is 0 Å². The van der Waals surface area contributed by atoms with Crippen molar-refractivity contribution in [3.05, 3.63) is 34.8 Å². The van der Waals surface area contributed by atoms with E-state index >= 15 is 0 Å². The number of carbonyl (C=O) groups excluding carboxylic acids is 1. The lowest BCUT2D eigenvalue weighted by molar-refractivity contribution is -0.122. The third-order valence-electron chi connectivity index (χ3n) is 3.03. The number of hydrogen-bond acceptors (Lipinski definition) is 4. The highest BCUT2D eigenvalue weighted by Gasteiger charge is 2.13. The zero-order chi connectivity index (χ0) is 14.5. The lowest BCUT2D eigenvalue weighted by atomic mass is 10.2. The highest BCUT2D eigenvalue weighted by molar-refractivity contribution is 7.71. The Bertz CT molecular complexity index is 615. The van der Waals surface area contributed by atoms with Crippen LogP contribution < -0.4 is 5.32 Å². The minimum Gasteiger partial charge on any atom is -0.472 e. The Morgan fingerprint density at radius 1 is 1.65 bits per heavy atom. The molecule has 2 aromatic rings. The van der Waals surface area contributed by atoms with Crippen molar-refractivity contribution in [3.63, 3.8) is 0 Å². The first-order valence-electron chi connectivity index (χ1n) is 6.57. The van der Waals surface area contributed by atoms with Gasteiger partial charge in [0.2, 0.25) is 5.91 Å². The van der Waals surface area contributed by atoms with Crippen molar-refractivity contribution in [2.24, 2.45) is 0 Å². The molecule has 0 aromatic carbocycles. The van der Waals surface area contributed by atoms with E-state index in [9.17, 15) is 4.79 Å². The highest BCUT2D eigenvalue weighted by atomic mass is 32.1. The molecule has 0 saturated carbocycles. The second-order valence-corrected chi connectivity index (χ2v) is 5.01. The molecule has 1 unspecified atom stereocenters. The molecule has 0 aliphatic carbocycles. The van der Waals surface area contributed by atoms with Crippen LogP contribution in [0.2, 0.25) is 0 Å². The average molecular weight is 294 g/mol. The van der Waals surface area contributed by atoms with Crippen molar-refractivity contribution in [2.45, 2.75) is 39.3 Å². The number of amides is 1. The van der Waals surface area contributed by atoms with E-state index in [-0.39, 0.29) is 18.5 Å². The molecule has 108 valence electrons. The van der Waals surface area contributed by atoms with Crippen LogP contribution in [0, 0.1) is 4.77 Å². The number of nitrogens with zero attached hydrogens (tertiary/aromatic N) is 2. The third kappa shape index (κ3) is 3.36. The van der Waals surface area contributed by atoms with Gasteiger partial charge in [0, 0.05) is 12.0 Å². The van der Waals surface area contributed by atoms with Crippen molar-refractivity contribution in [1.82, 2.24) is 20.1 Å². The van der Waals surface area contributed by atoms with Crippen LogP contribution >= 0.6 is 12.2 Å². The largest absolute Gasteiger partial charge is 0.472 e. The summed E-state index contributed by atoms with van der Waals surface area (Å²) in [6, 6.07) is 1.73. The minimum absolute atomic E-state index is 0.100. The van der Waals surface area contributed by atoms with Gasteiger partial charge in [-0.2, -0.15) is 5.10 Å². The Morgan fingerprint density at radius 2 is 2.45 bits per heavy atom. The Hall–Kier alpha value is -1.89. The molecule has 1 atom stereocenters. The van der Waals surface area contributed by atoms with Gasteiger partial charge in [-0.3, -0.25) is 14.5 Å². The molecule has 0 aliphatic heterocycles. The predicted molar refractivity (Wildman–Crippen MR) is 76.7 cm³/mol. The van der Waals surface area contributed by atoms with Crippen LogP contribution in [-0.2, 0) is 17.8 Å².